The lowest BCUT2D eigenvalue weighted by Gasteiger charge is -2.14. The number of aliphatic hydroxyl groups is 1. The summed E-state index contributed by atoms with van der Waals surface area (Å²) in [7, 11) is 0. The fourth-order valence-corrected chi connectivity index (χ4v) is 3.34. The summed E-state index contributed by atoms with van der Waals surface area (Å²) in [5.74, 6) is 0.344. The highest BCUT2D eigenvalue weighted by molar-refractivity contribution is 7.15. The molecule has 0 bridgehead atoms. The SMILES string of the molecule is Cc1ccccc1C(O)CNC(=O)c1nc(-c2ccco2)sc1C. The molecule has 1 aromatic carbocycles. The number of benzene rings is 1. The maximum Gasteiger partial charge on any atom is 0.271 e. The van der Waals surface area contributed by atoms with Crippen LogP contribution in [0.25, 0.3) is 10.8 Å². The van der Waals surface area contributed by atoms with E-state index >= 15 is 0 Å². The number of carbonyl (C=O) groups is 1. The molecule has 0 saturated carbocycles. The van der Waals surface area contributed by atoms with Crippen LogP contribution in [-0.4, -0.2) is 22.5 Å². The zero-order chi connectivity index (χ0) is 17.1. The first-order chi connectivity index (χ1) is 11.6. The Balaban J connectivity index is 1.68. The average Bonchev–Trinajstić information content (AvgIpc) is 3.22. The number of aromatic nitrogens is 1. The standard InChI is InChI=1S/C18H18N2O3S/c1-11-6-3-4-7-13(11)14(21)10-19-17(22)16-12(2)24-18(20-16)15-8-5-9-23-15/h3-9,14,21H,10H2,1-2H3,(H,19,22). The molecule has 0 saturated heterocycles. The molecule has 1 atom stereocenters. The highest BCUT2D eigenvalue weighted by Gasteiger charge is 2.19. The Hall–Kier alpha value is -2.44. The number of hydrogen-bond acceptors (Lipinski definition) is 5. The van der Waals surface area contributed by atoms with Crippen LogP contribution >= 0.6 is 11.3 Å². The third-order valence-corrected chi connectivity index (χ3v) is 4.73. The molecule has 1 unspecified atom stereocenters. The van der Waals surface area contributed by atoms with Gasteiger partial charge in [-0.15, -0.1) is 11.3 Å². The number of nitrogens with one attached hydrogen (secondary N) is 1. The van der Waals surface area contributed by atoms with Gasteiger partial charge >= 0.3 is 0 Å². The van der Waals surface area contributed by atoms with E-state index in [9.17, 15) is 9.90 Å². The third kappa shape index (κ3) is 3.39. The molecule has 2 heterocycles. The number of carbonyl (C=O) groups excluding carboxylic acids is 1. The van der Waals surface area contributed by atoms with Crippen molar-refractivity contribution in [3.63, 3.8) is 0 Å². The van der Waals surface area contributed by atoms with Crippen molar-refractivity contribution in [2.24, 2.45) is 0 Å². The van der Waals surface area contributed by atoms with Gasteiger partial charge in [0.25, 0.3) is 5.91 Å². The summed E-state index contributed by atoms with van der Waals surface area (Å²) in [5.41, 5.74) is 2.16. The van der Waals surface area contributed by atoms with Crippen LogP contribution in [0.15, 0.2) is 47.1 Å². The topological polar surface area (TPSA) is 75.4 Å². The molecule has 2 aromatic heterocycles. The number of nitrogens with zero attached hydrogens (tertiary/aromatic N) is 1. The quantitative estimate of drug-likeness (QED) is 0.744. The van der Waals surface area contributed by atoms with E-state index < -0.39 is 6.10 Å². The minimum atomic E-state index is -0.751. The van der Waals surface area contributed by atoms with Crippen molar-refractivity contribution in [3.8, 4) is 10.8 Å². The van der Waals surface area contributed by atoms with Gasteiger partial charge in [-0.05, 0) is 37.1 Å². The van der Waals surface area contributed by atoms with Crippen LogP contribution in [0, 0.1) is 13.8 Å². The van der Waals surface area contributed by atoms with Crippen molar-refractivity contribution in [1.29, 1.82) is 0 Å². The fraction of sp³-hybridized carbons (Fsp3) is 0.222. The average molecular weight is 342 g/mol. The Morgan fingerprint density at radius 3 is 2.79 bits per heavy atom. The highest BCUT2D eigenvalue weighted by Crippen LogP contribution is 2.28. The number of rotatable bonds is 5. The molecule has 0 aliphatic rings. The summed E-state index contributed by atoms with van der Waals surface area (Å²) in [6.45, 7) is 3.91. The maximum atomic E-state index is 12.4. The van der Waals surface area contributed by atoms with E-state index in [4.69, 9.17) is 4.42 Å². The highest BCUT2D eigenvalue weighted by atomic mass is 32.1. The lowest BCUT2D eigenvalue weighted by Crippen LogP contribution is -2.29. The monoisotopic (exact) mass is 342 g/mol. The van der Waals surface area contributed by atoms with Crippen LogP contribution in [-0.2, 0) is 0 Å². The first kappa shape index (κ1) is 16.4. The van der Waals surface area contributed by atoms with Crippen LogP contribution < -0.4 is 5.32 Å². The van der Waals surface area contributed by atoms with Gasteiger partial charge in [0, 0.05) is 11.4 Å². The number of hydrogen-bond donors (Lipinski definition) is 2. The second kappa shape index (κ2) is 6.98. The molecule has 3 rings (SSSR count). The van der Waals surface area contributed by atoms with E-state index in [0.29, 0.717) is 16.5 Å². The van der Waals surface area contributed by atoms with Gasteiger partial charge in [-0.25, -0.2) is 4.98 Å². The van der Waals surface area contributed by atoms with Crippen LogP contribution in [0.1, 0.15) is 32.6 Å². The first-order valence-corrected chi connectivity index (χ1v) is 8.41. The van der Waals surface area contributed by atoms with Crippen molar-refractivity contribution in [3.05, 3.63) is 64.4 Å². The Morgan fingerprint density at radius 1 is 1.29 bits per heavy atom. The molecule has 124 valence electrons. The van der Waals surface area contributed by atoms with Crippen LogP contribution in [0.5, 0.6) is 0 Å². The predicted molar refractivity (Wildman–Crippen MR) is 93.0 cm³/mol. The van der Waals surface area contributed by atoms with Crippen molar-refractivity contribution in [2.75, 3.05) is 6.54 Å². The predicted octanol–water partition coefficient (Wildman–Crippen LogP) is 3.48. The number of aliphatic hydroxyl groups excluding tert-OH is 1. The Bertz CT molecular complexity index is 840. The van der Waals surface area contributed by atoms with Gasteiger partial charge in [-0.2, -0.15) is 0 Å². The van der Waals surface area contributed by atoms with E-state index in [1.54, 1.807) is 12.3 Å². The van der Waals surface area contributed by atoms with Crippen LogP contribution in [0.2, 0.25) is 0 Å². The summed E-state index contributed by atoms with van der Waals surface area (Å²) in [6.07, 6.45) is 0.823. The van der Waals surface area contributed by atoms with Gasteiger partial charge in [0.1, 0.15) is 5.69 Å². The molecule has 1 amide bonds. The third-order valence-electron chi connectivity index (χ3n) is 3.75. The van der Waals surface area contributed by atoms with Gasteiger partial charge in [-0.1, -0.05) is 24.3 Å². The van der Waals surface area contributed by atoms with Gasteiger partial charge in [0.2, 0.25) is 0 Å². The van der Waals surface area contributed by atoms with Crippen molar-refractivity contribution < 1.29 is 14.3 Å². The molecule has 2 N–H and O–H groups in total. The van der Waals surface area contributed by atoms with E-state index in [-0.39, 0.29) is 12.5 Å². The number of thiazole rings is 1. The largest absolute Gasteiger partial charge is 0.462 e. The summed E-state index contributed by atoms with van der Waals surface area (Å²) in [5, 5.41) is 13.7. The molecule has 0 spiro atoms. The van der Waals surface area contributed by atoms with Crippen molar-refractivity contribution in [1.82, 2.24) is 10.3 Å². The summed E-state index contributed by atoms with van der Waals surface area (Å²) in [6, 6.07) is 11.2. The second-order valence-electron chi connectivity index (χ2n) is 5.48. The number of amides is 1. The molecule has 0 aliphatic carbocycles. The second-order valence-corrected chi connectivity index (χ2v) is 6.69. The zero-order valence-electron chi connectivity index (χ0n) is 13.4. The van der Waals surface area contributed by atoms with Crippen LogP contribution in [0.3, 0.4) is 0 Å². The minimum Gasteiger partial charge on any atom is -0.462 e. The van der Waals surface area contributed by atoms with E-state index in [2.05, 4.69) is 10.3 Å². The molecule has 0 radical (unpaired) electrons. The Morgan fingerprint density at radius 2 is 2.08 bits per heavy atom. The van der Waals surface area contributed by atoms with Gasteiger partial charge in [-0.3, -0.25) is 4.79 Å². The lowest BCUT2D eigenvalue weighted by molar-refractivity contribution is 0.0911. The van der Waals surface area contributed by atoms with E-state index in [1.807, 2.05) is 44.2 Å². The van der Waals surface area contributed by atoms with E-state index in [1.165, 1.54) is 11.3 Å². The van der Waals surface area contributed by atoms with E-state index in [0.717, 1.165) is 16.0 Å². The Kier molecular flexibility index (Phi) is 4.78. The smallest absolute Gasteiger partial charge is 0.271 e. The van der Waals surface area contributed by atoms with Gasteiger partial charge in [0.05, 0.1) is 12.4 Å². The number of aryl methyl sites for hydroxylation is 2. The molecule has 0 aliphatic heterocycles. The fourth-order valence-electron chi connectivity index (χ4n) is 2.46. The first-order valence-electron chi connectivity index (χ1n) is 7.59. The molecule has 0 fully saturated rings. The van der Waals surface area contributed by atoms with Gasteiger partial charge in [0.15, 0.2) is 10.8 Å². The molecule has 5 nitrogen and oxygen atoms in total. The zero-order valence-corrected chi connectivity index (χ0v) is 14.3. The Labute approximate surface area is 144 Å². The minimum absolute atomic E-state index is 0.136. The molecular weight excluding hydrogens is 324 g/mol. The lowest BCUT2D eigenvalue weighted by atomic mass is 10.0. The molecule has 3 aromatic rings. The summed E-state index contributed by atoms with van der Waals surface area (Å²) < 4.78 is 5.31. The molecule has 6 heteroatoms. The molecule has 24 heavy (non-hydrogen) atoms. The molecular formula is C18H18N2O3S. The van der Waals surface area contributed by atoms with Crippen LogP contribution in [0.4, 0.5) is 0 Å². The van der Waals surface area contributed by atoms with Gasteiger partial charge < -0.3 is 14.8 Å². The van der Waals surface area contributed by atoms with Crippen molar-refractivity contribution >= 4 is 17.2 Å². The van der Waals surface area contributed by atoms with Crippen molar-refractivity contribution in [2.45, 2.75) is 20.0 Å². The summed E-state index contributed by atoms with van der Waals surface area (Å²) in [4.78, 5) is 17.5. The maximum absolute atomic E-state index is 12.4. The summed E-state index contributed by atoms with van der Waals surface area (Å²) >= 11 is 1.41. The normalized spacial score (nSPS) is 12.1. The number of furan rings is 1.